The van der Waals surface area contributed by atoms with Gasteiger partial charge in [0.15, 0.2) is 5.96 Å². The molecule has 1 saturated carbocycles. The van der Waals surface area contributed by atoms with Crippen molar-refractivity contribution in [2.75, 3.05) is 13.1 Å². The standard InChI is InChI=1S/C11H22N4O/c1-2-14-10(13)15-8-11(9(12)16)6-4-3-5-7-11/h2-8H2,1H3,(H2,12,16)(H3,13,14,15). The van der Waals surface area contributed by atoms with E-state index in [1.54, 1.807) is 0 Å². The van der Waals surface area contributed by atoms with Crippen molar-refractivity contribution in [1.82, 2.24) is 5.32 Å². The highest BCUT2D eigenvalue weighted by atomic mass is 16.1. The Bertz CT molecular complexity index is 269. The lowest BCUT2D eigenvalue weighted by atomic mass is 9.73. The van der Waals surface area contributed by atoms with E-state index in [1.807, 2.05) is 6.92 Å². The van der Waals surface area contributed by atoms with E-state index in [2.05, 4.69) is 10.3 Å². The summed E-state index contributed by atoms with van der Waals surface area (Å²) in [5.74, 6) is 0.178. The number of hydrogen-bond acceptors (Lipinski definition) is 2. The zero-order chi connectivity index (χ0) is 12.0. The molecule has 0 aromatic rings. The summed E-state index contributed by atoms with van der Waals surface area (Å²) >= 11 is 0. The fourth-order valence-electron chi connectivity index (χ4n) is 2.22. The van der Waals surface area contributed by atoms with E-state index in [1.165, 1.54) is 6.42 Å². The summed E-state index contributed by atoms with van der Waals surface area (Å²) in [4.78, 5) is 15.6. The van der Waals surface area contributed by atoms with Gasteiger partial charge in [0, 0.05) is 13.1 Å². The first-order chi connectivity index (χ1) is 7.60. The maximum absolute atomic E-state index is 11.5. The zero-order valence-electron chi connectivity index (χ0n) is 9.96. The van der Waals surface area contributed by atoms with Crippen LogP contribution in [0, 0.1) is 5.41 Å². The van der Waals surface area contributed by atoms with Crippen molar-refractivity contribution >= 4 is 11.9 Å². The number of primary amides is 1. The maximum Gasteiger partial charge on any atom is 0.225 e. The minimum atomic E-state index is -0.424. The zero-order valence-corrected chi connectivity index (χ0v) is 9.96. The number of aliphatic imine (C=N–C) groups is 1. The second-order valence-electron chi connectivity index (χ2n) is 4.42. The molecule has 1 aliphatic carbocycles. The molecule has 0 aliphatic heterocycles. The van der Waals surface area contributed by atoms with Crippen molar-refractivity contribution in [1.29, 1.82) is 0 Å². The van der Waals surface area contributed by atoms with Crippen molar-refractivity contribution in [3.8, 4) is 0 Å². The molecule has 16 heavy (non-hydrogen) atoms. The molecule has 5 heteroatoms. The first-order valence-electron chi connectivity index (χ1n) is 5.94. The Morgan fingerprint density at radius 3 is 2.44 bits per heavy atom. The molecule has 0 atom stereocenters. The Kier molecular flexibility index (Phi) is 4.58. The fourth-order valence-corrected chi connectivity index (χ4v) is 2.22. The molecule has 1 rings (SSSR count). The lowest BCUT2D eigenvalue weighted by Gasteiger charge is -2.34. The van der Waals surface area contributed by atoms with Gasteiger partial charge in [-0.05, 0) is 19.8 Å². The summed E-state index contributed by atoms with van der Waals surface area (Å²) < 4.78 is 0. The number of carbonyl (C=O) groups excluding carboxylic acids is 1. The Labute approximate surface area is 96.7 Å². The van der Waals surface area contributed by atoms with Gasteiger partial charge in [0.05, 0.1) is 5.41 Å². The van der Waals surface area contributed by atoms with Gasteiger partial charge in [-0.15, -0.1) is 0 Å². The number of amides is 1. The molecular weight excluding hydrogens is 204 g/mol. The number of nitrogens with one attached hydrogen (secondary N) is 1. The van der Waals surface area contributed by atoms with E-state index >= 15 is 0 Å². The normalized spacial score (nSPS) is 20.4. The lowest BCUT2D eigenvalue weighted by molar-refractivity contribution is -0.129. The molecule has 0 radical (unpaired) electrons. The second-order valence-corrected chi connectivity index (χ2v) is 4.42. The van der Waals surface area contributed by atoms with Crippen molar-refractivity contribution in [2.45, 2.75) is 39.0 Å². The van der Waals surface area contributed by atoms with E-state index in [0.717, 1.165) is 25.7 Å². The second kappa shape index (κ2) is 5.72. The molecule has 1 fully saturated rings. The Balaban J connectivity index is 2.58. The minimum Gasteiger partial charge on any atom is -0.370 e. The van der Waals surface area contributed by atoms with Crippen molar-refractivity contribution < 1.29 is 4.79 Å². The van der Waals surface area contributed by atoms with E-state index in [9.17, 15) is 4.79 Å². The number of hydrogen-bond donors (Lipinski definition) is 3. The smallest absolute Gasteiger partial charge is 0.225 e. The summed E-state index contributed by atoms with van der Waals surface area (Å²) in [6.45, 7) is 3.07. The van der Waals surface area contributed by atoms with Gasteiger partial charge in [0.25, 0.3) is 0 Å². The topological polar surface area (TPSA) is 93.5 Å². The van der Waals surface area contributed by atoms with Crippen LogP contribution in [0.4, 0.5) is 0 Å². The number of rotatable bonds is 4. The van der Waals surface area contributed by atoms with Gasteiger partial charge in [0.1, 0.15) is 0 Å². The van der Waals surface area contributed by atoms with Gasteiger partial charge < -0.3 is 16.8 Å². The van der Waals surface area contributed by atoms with Crippen LogP contribution in [-0.2, 0) is 4.79 Å². The lowest BCUT2D eigenvalue weighted by Crippen LogP contribution is -2.49. The highest BCUT2D eigenvalue weighted by Gasteiger charge is 2.37. The number of nitrogens with zero attached hydrogens (tertiary/aromatic N) is 1. The van der Waals surface area contributed by atoms with Gasteiger partial charge in [-0.1, -0.05) is 19.3 Å². The van der Waals surface area contributed by atoms with Crippen LogP contribution >= 0.6 is 0 Å². The SMILES string of the molecule is CCN=C(N)NCC1(C(N)=O)CCCCC1. The van der Waals surface area contributed by atoms with Gasteiger partial charge in [-0.3, -0.25) is 9.79 Å². The fraction of sp³-hybridized carbons (Fsp3) is 0.818. The van der Waals surface area contributed by atoms with Gasteiger partial charge >= 0.3 is 0 Å². The summed E-state index contributed by atoms with van der Waals surface area (Å²) in [6, 6.07) is 0. The largest absolute Gasteiger partial charge is 0.370 e. The molecule has 0 bridgehead atoms. The molecule has 92 valence electrons. The Hall–Kier alpha value is -1.26. The van der Waals surface area contributed by atoms with Crippen LogP contribution in [-0.4, -0.2) is 25.0 Å². The third-order valence-corrected chi connectivity index (χ3v) is 3.27. The molecule has 0 aromatic heterocycles. The highest BCUT2D eigenvalue weighted by molar-refractivity contribution is 5.83. The molecule has 0 saturated heterocycles. The van der Waals surface area contributed by atoms with Crippen LogP contribution in [0.5, 0.6) is 0 Å². The van der Waals surface area contributed by atoms with Gasteiger partial charge in [-0.2, -0.15) is 0 Å². The summed E-state index contributed by atoms with van der Waals surface area (Å²) in [5, 5.41) is 3.00. The van der Waals surface area contributed by atoms with Crippen molar-refractivity contribution in [2.24, 2.45) is 21.9 Å². The Morgan fingerprint density at radius 2 is 1.94 bits per heavy atom. The van der Waals surface area contributed by atoms with Crippen LogP contribution in [0.1, 0.15) is 39.0 Å². The third-order valence-electron chi connectivity index (χ3n) is 3.27. The van der Waals surface area contributed by atoms with Gasteiger partial charge in [-0.25, -0.2) is 0 Å². The minimum absolute atomic E-state index is 0.219. The average molecular weight is 226 g/mol. The van der Waals surface area contributed by atoms with Gasteiger partial charge in [0.2, 0.25) is 5.91 Å². The molecule has 5 nitrogen and oxygen atoms in total. The first kappa shape index (κ1) is 12.8. The van der Waals surface area contributed by atoms with Crippen LogP contribution in [0.15, 0.2) is 4.99 Å². The molecule has 0 spiro atoms. The van der Waals surface area contributed by atoms with Crippen LogP contribution in [0.3, 0.4) is 0 Å². The third kappa shape index (κ3) is 3.12. The monoisotopic (exact) mass is 226 g/mol. The molecule has 5 N–H and O–H groups in total. The molecule has 0 heterocycles. The number of nitrogens with two attached hydrogens (primary N) is 2. The molecule has 0 unspecified atom stereocenters. The predicted molar refractivity (Wildman–Crippen MR) is 64.9 cm³/mol. The van der Waals surface area contributed by atoms with E-state index in [4.69, 9.17) is 11.5 Å². The van der Waals surface area contributed by atoms with Crippen LogP contribution in [0.2, 0.25) is 0 Å². The predicted octanol–water partition coefficient (Wildman–Crippen LogP) is 0.346. The van der Waals surface area contributed by atoms with Crippen LogP contribution in [0.25, 0.3) is 0 Å². The molecular formula is C11H22N4O. The summed E-state index contributed by atoms with van der Waals surface area (Å²) in [6.07, 6.45) is 5.03. The highest BCUT2D eigenvalue weighted by Crippen LogP contribution is 2.35. The maximum atomic E-state index is 11.5. The first-order valence-corrected chi connectivity index (χ1v) is 5.94. The van der Waals surface area contributed by atoms with Crippen LogP contribution < -0.4 is 16.8 Å². The summed E-state index contributed by atoms with van der Waals surface area (Å²) in [7, 11) is 0. The summed E-state index contributed by atoms with van der Waals surface area (Å²) in [5.41, 5.74) is 10.7. The average Bonchev–Trinajstić information content (AvgIpc) is 2.28. The quantitative estimate of drug-likeness (QED) is 0.477. The van der Waals surface area contributed by atoms with E-state index in [-0.39, 0.29) is 5.91 Å². The van der Waals surface area contributed by atoms with Crippen molar-refractivity contribution in [3.63, 3.8) is 0 Å². The van der Waals surface area contributed by atoms with E-state index < -0.39 is 5.41 Å². The van der Waals surface area contributed by atoms with E-state index in [0.29, 0.717) is 19.0 Å². The number of guanidine groups is 1. The molecule has 0 aromatic carbocycles. The number of carbonyl (C=O) groups is 1. The molecule has 1 amide bonds. The Morgan fingerprint density at radius 1 is 1.31 bits per heavy atom. The molecule has 1 aliphatic rings. The van der Waals surface area contributed by atoms with Crippen molar-refractivity contribution in [3.05, 3.63) is 0 Å².